The highest BCUT2D eigenvalue weighted by molar-refractivity contribution is 5.87. The molecule has 1 aromatic heterocycles. The molecule has 0 fully saturated rings. The van der Waals surface area contributed by atoms with Gasteiger partial charge in [0.2, 0.25) is 11.8 Å². The Morgan fingerprint density at radius 3 is 2.65 bits per heavy atom. The van der Waals surface area contributed by atoms with E-state index in [0.717, 1.165) is 24.0 Å². The number of hydrogen-bond donors (Lipinski definition) is 2. The van der Waals surface area contributed by atoms with Crippen LogP contribution in [0.4, 0.5) is 0 Å². The molecule has 0 aliphatic heterocycles. The zero-order chi connectivity index (χ0) is 16.9. The Kier molecular flexibility index (Phi) is 5.36. The van der Waals surface area contributed by atoms with Gasteiger partial charge in [0, 0.05) is 18.5 Å². The quantitative estimate of drug-likeness (QED) is 0.797. The van der Waals surface area contributed by atoms with E-state index in [1.54, 1.807) is 0 Å². The molecule has 1 heterocycles. The van der Waals surface area contributed by atoms with Crippen molar-refractivity contribution in [3.05, 3.63) is 30.6 Å². The Morgan fingerprint density at radius 2 is 1.91 bits per heavy atom. The Bertz CT molecular complexity index is 685. The fourth-order valence-corrected chi connectivity index (χ4v) is 2.15. The average molecular weight is 316 g/mol. The topological polar surface area (TPSA) is 76.0 Å². The lowest BCUT2D eigenvalue weighted by Gasteiger charge is -2.17. The van der Waals surface area contributed by atoms with Gasteiger partial charge in [-0.15, -0.1) is 0 Å². The maximum Gasteiger partial charge on any atom is 0.239 e. The number of para-hydroxylation sites is 2. The van der Waals surface area contributed by atoms with Crippen molar-refractivity contribution in [1.29, 1.82) is 0 Å². The number of amides is 2. The summed E-state index contributed by atoms with van der Waals surface area (Å²) in [4.78, 5) is 27.7. The Balaban J connectivity index is 1.69. The zero-order valence-corrected chi connectivity index (χ0v) is 13.9. The highest BCUT2D eigenvalue weighted by Crippen LogP contribution is 2.12. The number of hydrogen-bond acceptors (Lipinski definition) is 3. The molecule has 0 bridgehead atoms. The first kappa shape index (κ1) is 17.0. The molecule has 2 N–H and O–H groups in total. The zero-order valence-electron chi connectivity index (χ0n) is 13.9. The molecule has 0 unspecified atom stereocenters. The molecule has 0 aliphatic rings. The summed E-state index contributed by atoms with van der Waals surface area (Å²) in [5.41, 5.74) is 1.58. The van der Waals surface area contributed by atoms with Gasteiger partial charge >= 0.3 is 0 Å². The number of aromatic nitrogens is 2. The lowest BCUT2D eigenvalue weighted by atomic mass is 9.96. The molecule has 1 aromatic carbocycles. The van der Waals surface area contributed by atoms with Gasteiger partial charge in [-0.2, -0.15) is 0 Å². The van der Waals surface area contributed by atoms with Gasteiger partial charge in [-0.05, 0) is 18.6 Å². The minimum atomic E-state index is -0.483. The molecule has 0 saturated heterocycles. The molecular weight excluding hydrogens is 292 g/mol. The largest absolute Gasteiger partial charge is 0.355 e. The number of aryl methyl sites for hydroxylation is 1. The summed E-state index contributed by atoms with van der Waals surface area (Å²) in [7, 11) is 0. The summed E-state index contributed by atoms with van der Waals surface area (Å²) >= 11 is 0. The molecule has 124 valence electrons. The van der Waals surface area contributed by atoms with Crippen LogP contribution in [0.15, 0.2) is 30.6 Å². The minimum absolute atomic E-state index is 0.0180. The van der Waals surface area contributed by atoms with Crippen LogP contribution in [0.2, 0.25) is 0 Å². The maximum absolute atomic E-state index is 11.7. The SMILES string of the molecule is CC(C)(C)C(=O)NCC(=O)NCCCn1cnc2ccccc21. The van der Waals surface area contributed by atoms with Crippen LogP contribution in [0.3, 0.4) is 0 Å². The number of fused-ring (bicyclic) bond motifs is 1. The lowest BCUT2D eigenvalue weighted by Crippen LogP contribution is -2.42. The number of nitrogens with one attached hydrogen (secondary N) is 2. The number of imidazole rings is 1. The van der Waals surface area contributed by atoms with Crippen LogP contribution >= 0.6 is 0 Å². The minimum Gasteiger partial charge on any atom is -0.355 e. The molecule has 6 heteroatoms. The number of rotatable bonds is 6. The van der Waals surface area contributed by atoms with Gasteiger partial charge in [0.05, 0.1) is 23.9 Å². The maximum atomic E-state index is 11.7. The van der Waals surface area contributed by atoms with Crippen molar-refractivity contribution in [3.8, 4) is 0 Å². The van der Waals surface area contributed by atoms with Crippen LogP contribution in [-0.4, -0.2) is 34.5 Å². The van der Waals surface area contributed by atoms with E-state index in [9.17, 15) is 9.59 Å². The Morgan fingerprint density at radius 1 is 1.17 bits per heavy atom. The van der Waals surface area contributed by atoms with Gasteiger partial charge in [-0.25, -0.2) is 4.98 Å². The van der Waals surface area contributed by atoms with E-state index >= 15 is 0 Å². The standard InChI is InChI=1S/C17H24N4O2/c1-17(2,3)16(23)19-11-15(22)18-9-6-10-21-12-20-13-7-4-5-8-14(13)21/h4-5,7-8,12H,6,9-11H2,1-3H3,(H,18,22)(H,19,23). The number of benzene rings is 1. The van der Waals surface area contributed by atoms with Gasteiger partial charge in [-0.3, -0.25) is 9.59 Å². The fraction of sp³-hybridized carbons (Fsp3) is 0.471. The lowest BCUT2D eigenvalue weighted by molar-refractivity contribution is -0.131. The van der Waals surface area contributed by atoms with Crippen LogP contribution in [0.5, 0.6) is 0 Å². The van der Waals surface area contributed by atoms with Gasteiger partial charge in [0.15, 0.2) is 0 Å². The summed E-state index contributed by atoms with van der Waals surface area (Å²) in [6.07, 6.45) is 2.62. The Hall–Kier alpha value is -2.37. The third-order valence-electron chi connectivity index (χ3n) is 3.52. The highest BCUT2D eigenvalue weighted by Gasteiger charge is 2.21. The second-order valence-corrected chi connectivity index (χ2v) is 6.56. The molecular formula is C17H24N4O2. The highest BCUT2D eigenvalue weighted by atomic mass is 16.2. The van der Waals surface area contributed by atoms with Crippen molar-refractivity contribution >= 4 is 22.8 Å². The van der Waals surface area contributed by atoms with Crippen molar-refractivity contribution in [2.75, 3.05) is 13.1 Å². The van der Waals surface area contributed by atoms with Crippen molar-refractivity contribution < 1.29 is 9.59 Å². The van der Waals surface area contributed by atoms with E-state index in [1.807, 2.05) is 51.4 Å². The van der Waals surface area contributed by atoms with Gasteiger partial charge in [0.1, 0.15) is 0 Å². The second-order valence-electron chi connectivity index (χ2n) is 6.56. The predicted molar refractivity (Wildman–Crippen MR) is 89.8 cm³/mol. The third kappa shape index (κ3) is 4.81. The van der Waals surface area contributed by atoms with Crippen LogP contribution in [-0.2, 0) is 16.1 Å². The van der Waals surface area contributed by atoms with E-state index in [2.05, 4.69) is 20.2 Å². The molecule has 0 atom stereocenters. The van der Waals surface area contributed by atoms with Crippen LogP contribution in [0, 0.1) is 5.41 Å². The predicted octanol–water partition coefficient (Wildman–Crippen LogP) is 1.70. The third-order valence-corrected chi connectivity index (χ3v) is 3.52. The fourth-order valence-electron chi connectivity index (χ4n) is 2.15. The second kappa shape index (κ2) is 7.26. The summed E-state index contributed by atoms with van der Waals surface area (Å²) < 4.78 is 2.07. The normalized spacial score (nSPS) is 11.4. The first-order valence-electron chi connectivity index (χ1n) is 7.83. The van der Waals surface area contributed by atoms with Gasteiger partial charge < -0.3 is 15.2 Å². The van der Waals surface area contributed by atoms with E-state index in [0.29, 0.717) is 6.54 Å². The smallest absolute Gasteiger partial charge is 0.239 e. The van der Waals surface area contributed by atoms with E-state index in [1.165, 1.54) is 0 Å². The van der Waals surface area contributed by atoms with Crippen molar-refractivity contribution in [1.82, 2.24) is 20.2 Å². The molecule has 2 rings (SSSR count). The average Bonchev–Trinajstić information content (AvgIpc) is 2.91. The first-order chi connectivity index (χ1) is 10.9. The molecule has 2 aromatic rings. The molecule has 23 heavy (non-hydrogen) atoms. The summed E-state index contributed by atoms with van der Waals surface area (Å²) in [6.45, 7) is 6.82. The van der Waals surface area contributed by atoms with E-state index in [-0.39, 0.29) is 18.4 Å². The van der Waals surface area contributed by atoms with Gasteiger partial charge in [-0.1, -0.05) is 32.9 Å². The molecule has 0 spiro atoms. The van der Waals surface area contributed by atoms with Crippen LogP contribution in [0.25, 0.3) is 11.0 Å². The first-order valence-corrected chi connectivity index (χ1v) is 7.83. The molecule has 0 aliphatic carbocycles. The number of carbonyl (C=O) groups excluding carboxylic acids is 2. The monoisotopic (exact) mass is 316 g/mol. The van der Waals surface area contributed by atoms with Crippen molar-refractivity contribution in [3.63, 3.8) is 0 Å². The van der Waals surface area contributed by atoms with Crippen LogP contribution in [0.1, 0.15) is 27.2 Å². The molecule has 0 radical (unpaired) electrons. The van der Waals surface area contributed by atoms with Crippen LogP contribution < -0.4 is 10.6 Å². The van der Waals surface area contributed by atoms with Crippen molar-refractivity contribution in [2.24, 2.45) is 5.41 Å². The Labute approximate surface area is 136 Å². The molecule has 2 amide bonds. The van der Waals surface area contributed by atoms with E-state index < -0.39 is 5.41 Å². The summed E-state index contributed by atoms with van der Waals surface area (Å²) in [5, 5.41) is 5.45. The molecule has 6 nitrogen and oxygen atoms in total. The van der Waals surface area contributed by atoms with E-state index in [4.69, 9.17) is 0 Å². The summed E-state index contributed by atoms with van der Waals surface area (Å²) in [6, 6.07) is 7.96. The molecule has 0 saturated carbocycles. The van der Waals surface area contributed by atoms with Crippen molar-refractivity contribution in [2.45, 2.75) is 33.7 Å². The number of carbonyl (C=O) groups is 2. The summed E-state index contributed by atoms with van der Waals surface area (Å²) in [5.74, 6) is -0.296. The van der Waals surface area contributed by atoms with Gasteiger partial charge in [0.25, 0.3) is 0 Å². The number of nitrogens with zero attached hydrogens (tertiary/aromatic N) is 2.